The van der Waals surface area contributed by atoms with E-state index in [-0.39, 0.29) is 23.7 Å². The van der Waals surface area contributed by atoms with Gasteiger partial charge in [-0.1, -0.05) is 24.3 Å². The van der Waals surface area contributed by atoms with Crippen LogP contribution in [0.4, 0.5) is 0 Å². The zero-order valence-corrected chi connectivity index (χ0v) is 14.8. The maximum absolute atomic E-state index is 11.4. The molecule has 1 unspecified atom stereocenters. The second-order valence-corrected chi connectivity index (χ2v) is 7.23. The molecule has 0 spiro atoms. The van der Waals surface area contributed by atoms with Gasteiger partial charge in [-0.3, -0.25) is 9.97 Å². The second kappa shape index (κ2) is 6.30. The summed E-state index contributed by atoms with van der Waals surface area (Å²) >= 11 is 0. The number of aromatic amines is 1. The molecule has 0 fully saturated rings. The number of hydrogen-bond donors (Lipinski definition) is 2. The SMILES string of the molecule is O=c1[nH]c(O)c([C@@H]2CCCc3cc(OC4CCc5ccccc54)cnc32)o1. The quantitative estimate of drug-likeness (QED) is 0.741. The van der Waals surface area contributed by atoms with E-state index in [0.29, 0.717) is 0 Å². The van der Waals surface area contributed by atoms with Gasteiger partial charge in [0.15, 0.2) is 5.76 Å². The predicted molar refractivity (Wildman–Crippen MR) is 98.1 cm³/mol. The van der Waals surface area contributed by atoms with E-state index >= 15 is 0 Å². The van der Waals surface area contributed by atoms with E-state index in [0.717, 1.165) is 49.1 Å². The lowest BCUT2D eigenvalue weighted by Crippen LogP contribution is -2.14. The highest BCUT2D eigenvalue weighted by Crippen LogP contribution is 2.40. The zero-order valence-electron chi connectivity index (χ0n) is 14.8. The number of nitrogens with one attached hydrogen (secondary N) is 1. The van der Waals surface area contributed by atoms with E-state index < -0.39 is 5.76 Å². The summed E-state index contributed by atoms with van der Waals surface area (Å²) in [5.74, 6) is -0.0337. The van der Waals surface area contributed by atoms with Gasteiger partial charge in [0, 0.05) is 0 Å². The average Bonchev–Trinajstić information content (AvgIpc) is 3.24. The third kappa shape index (κ3) is 2.81. The van der Waals surface area contributed by atoms with Crippen molar-refractivity contribution in [1.29, 1.82) is 0 Å². The van der Waals surface area contributed by atoms with E-state index in [1.165, 1.54) is 11.1 Å². The summed E-state index contributed by atoms with van der Waals surface area (Å²) in [6, 6.07) is 10.4. The van der Waals surface area contributed by atoms with Crippen LogP contribution >= 0.6 is 0 Å². The van der Waals surface area contributed by atoms with Gasteiger partial charge in [0.25, 0.3) is 0 Å². The predicted octanol–water partition coefficient (Wildman–Crippen LogP) is 3.60. The molecule has 2 aliphatic carbocycles. The number of aromatic nitrogens is 2. The summed E-state index contributed by atoms with van der Waals surface area (Å²) in [4.78, 5) is 18.3. The maximum Gasteiger partial charge on any atom is 0.419 e. The Bertz CT molecular complexity index is 1050. The van der Waals surface area contributed by atoms with Crippen molar-refractivity contribution in [3.8, 4) is 11.6 Å². The first kappa shape index (κ1) is 16.2. The number of H-pyrrole nitrogens is 1. The summed E-state index contributed by atoms with van der Waals surface area (Å²) in [6.07, 6.45) is 6.42. The van der Waals surface area contributed by atoms with Crippen LogP contribution in [0.2, 0.25) is 0 Å². The van der Waals surface area contributed by atoms with E-state index in [1.54, 1.807) is 6.20 Å². The molecule has 1 aromatic carbocycles. The van der Waals surface area contributed by atoms with Gasteiger partial charge in [0.2, 0.25) is 5.88 Å². The number of fused-ring (bicyclic) bond motifs is 2. The first-order valence-electron chi connectivity index (χ1n) is 9.34. The number of ether oxygens (including phenoxy) is 1. The van der Waals surface area contributed by atoms with Crippen LogP contribution in [0.5, 0.6) is 11.6 Å². The Kier molecular flexibility index (Phi) is 3.77. The summed E-state index contributed by atoms with van der Waals surface area (Å²) in [5.41, 5.74) is 4.54. The van der Waals surface area contributed by atoms with Gasteiger partial charge in [-0.2, -0.15) is 0 Å². The number of hydrogen-bond acceptors (Lipinski definition) is 5. The van der Waals surface area contributed by atoms with E-state index in [2.05, 4.69) is 28.2 Å². The molecule has 0 bridgehead atoms. The monoisotopic (exact) mass is 364 g/mol. The third-order valence-electron chi connectivity index (χ3n) is 5.57. The smallest absolute Gasteiger partial charge is 0.419 e. The molecule has 27 heavy (non-hydrogen) atoms. The van der Waals surface area contributed by atoms with Gasteiger partial charge in [-0.15, -0.1) is 0 Å². The topological polar surface area (TPSA) is 88.4 Å². The summed E-state index contributed by atoms with van der Waals surface area (Å²) < 4.78 is 11.4. The Morgan fingerprint density at radius 1 is 1.19 bits per heavy atom. The maximum atomic E-state index is 11.4. The molecule has 2 aromatic heterocycles. The first-order chi connectivity index (χ1) is 13.2. The molecule has 0 aliphatic heterocycles. The van der Waals surface area contributed by atoms with Crippen molar-refractivity contribution in [2.45, 2.75) is 44.1 Å². The van der Waals surface area contributed by atoms with Crippen LogP contribution in [0, 0.1) is 0 Å². The van der Waals surface area contributed by atoms with Crippen molar-refractivity contribution in [1.82, 2.24) is 9.97 Å². The number of oxazole rings is 1. The molecular formula is C21H20N2O4. The molecular weight excluding hydrogens is 344 g/mol. The fourth-order valence-corrected chi connectivity index (χ4v) is 4.34. The number of aromatic hydroxyl groups is 1. The van der Waals surface area contributed by atoms with Gasteiger partial charge in [0.05, 0.1) is 17.8 Å². The molecule has 5 rings (SSSR count). The molecule has 3 aromatic rings. The van der Waals surface area contributed by atoms with E-state index in [9.17, 15) is 9.90 Å². The van der Waals surface area contributed by atoms with Crippen LogP contribution in [-0.4, -0.2) is 15.1 Å². The van der Waals surface area contributed by atoms with Crippen LogP contribution < -0.4 is 10.5 Å². The van der Waals surface area contributed by atoms with Crippen molar-refractivity contribution < 1.29 is 14.3 Å². The number of aryl methyl sites for hydroxylation is 2. The molecule has 6 nitrogen and oxygen atoms in total. The largest absolute Gasteiger partial charge is 0.492 e. The van der Waals surface area contributed by atoms with Crippen molar-refractivity contribution in [3.63, 3.8) is 0 Å². The summed E-state index contributed by atoms with van der Waals surface area (Å²) in [7, 11) is 0. The lowest BCUT2D eigenvalue weighted by Gasteiger charge is -2.24. The molecule has 2 N–H and O–H groups in total. The minimum Gasteiger partial charge on any atom is -0.492 e. The van der Waals surface area contributed by atoms with Gasteiger partial charge in [-0.25, -0.2) is 4.79 Å². The van der Waals surface area contributed by atoms with Crippen molar-refractivity contribution in [2.24, 2.45) is 0 Å². The third-order valence-corrected chi connectivity index (χ3v) is 5.57. The molecule has 0 radical (unpaired) electrons. The number of nitrogens with zero attached hydrogens (tertiary/aromatic N) is 1. The number of pyridine rings is 1. The Morgan fingerprint density at radius 3 is 2.93 bits per heavy atom. The Morgan fingerprint density at radius 2 is 2.07 bits per heavy atom. The molecule has 138 valence electrons. The standard InChI is InChI=1S/C21H20N2O4/c24-20-19(27-21(25)23-20)16-7-3-5-13-10-14(11-22-18(13)16)26-17-9-8-12-4-1-2-6-15(12)17/h1-2,4,6,10-11,16-17,24H,3,5,7-9H2,(H,23,25)/t16-,17?/m1/s1. The fraction of sp³-hybridized carbons (Fsp3) is 0.333. The Hall–Kier alpha value is -3.02. The normalized spacial score (nSPS) is 20.9. The Balaban J connectivity index is 1.44. The van der Waals surface area contributed by atoms with Crippen LogP contribution in [-0.2, 0) is 12.8 Å². The zero-order chi connectivity index (χ0) is 18.4. The highest BCUT2D eigenvalue weighted by molar-refractivity contribution is 5.39. The molecule has 2 heterocycles. The minimum absolute atomic E-state index is 0.0622. The molecule has 2 aliphatic rings. The van der Waals surface area contributed by atoms with Crippen LogP contribution in [0.3, 0.4) is 0 Å². The van der Waals surface area contributed by atoms with Gasteiger partial charge < -0.3 is 14.3 Å². The summed E-state index contributed by atoms with van der Waals surface area (Å²) in [6.45, 7) is 0. The fourth-order valence-electron chi connectivity index (χ4n) is 4.34. The second-order valence-electron chi connectivity index (χ2n) is 7.23. The van der Waals surface area contributed by atoms with E-state index in [4.69, 9.17) is 9.15 Å². The van der Waals surface area contributed by atoms with Gasteiger partial charge in [-0.05, 0) is 54.9 Å². The Labute approximate surface area is 155 Å². The van der Waals surface area contributed by atoms with Crippen LogP contribution in [0.1, 0.15) is 59.4 Å². The van der Waals surface area contributed by atoms with Crippen molar-refractivity contribution >= 4 is 0 Å². The molecule has 0 saturated heterocycles. The highest BCUT2D eigenvalue weighted by Gasteiger charge is 2.30. The number of rotatable bonds is 3. The molecule has 6 heteroatoms. The number of benzene rings is 1. The lowest BCUT2D eigenvalue weighted by atomic mass is 9.85. The minimum atomic E-state index is -0.644. The van der Waals surface area contributed by atoms with Crippen molar-refractivity contribution in [2.75, 3.05) is 0 Å². The van der Waals surface area contributed by atoms with Crippen LogP contribution in [0.25, 0.3) is 0 Å². The van der Waals surface area contributed by atoms with Gasteiger partial charge >= 0.3 is 5.76 Å². The molecule has 2 atom stereocenters. The van der Waals surface area contributed by atoms with Gasteiger partial charge in [0.1, 0.15) is 11.9 Å². The highest BCUT2D eigenvalue weighted by atomic mass is 16.5. The van der Waals surface area contributed by atoms with E-state index in [1.807, 2.05) is 12.1 Å². The summed E-state index contributed by atoms with van der Waals surface area (Å²) in [5, 5.41) is 9.94. The molecule has 0 amide bonds. The van der Waals surface area contributed by atoms with Crippen LogP contribution in [0.15, 0.2) is 45.7 Å². The lowest BCUT2D eigenvalue weighted by molar-refractivity contribution is 0.206. The first-order valence-corrected chi connectivity index (χ1v) is 9.34. The van der Waals surface area contributed by atoms with Crippen molar-refractivity contribution in [3.05, 3.63) is 75.2 Å². The average molecular weight is 364 g/mol. The molecule has 0 saturated carbocycles.